The van der Waals surface area contributed by atoms with Crippen LogP contribution in [0.4, 0.5) is 4.79 Å². The number of aromatic nitrogens is 1. The van der Waals surface area contributed by atoms with Crippen molar-refractivity contribution in [1.82, 2.24) is 15.2 Å². The van der Waals surface area contributed by atoms with Crippen LogP contribution < -0.4 is 5.32 Å². The van der Waals surface area contributed by atoms with Gasteiger partial charge in [-0.15, -0.1) is 0 Å². The third-order valence-corrected chi connectivity index (χ3v) is 3.70. The zero-order valence-electron chi connectivity index (χ0n) is 14.0. The molecule has 128 valence electrons. The second kappa shape index (κ2) is 6.14. The van der Waals surface area contributed by atoms with Crippen LogP contribution in [0.2, 0.25) is 0 Å². The van der Waals surface area contributed by atoms with Crippen molar-refractivity contribution in [2.45, 2.75) is 45.4 Å². The van der Waals surface area contributed by atoms with E-state index < -0.39 is 17.7 Å². The molecule has 7 heteroatoms. The highest BCUT2D eigenvalue weighted by molar-refractivity contribution is 5.87. The van der Waals surface area contributed by atoms with E-state index in [1.54, 1.807) is 20.8 Å². The highest BCUT2D eigenvalue weighted by atomic mass is 16.6. The Hall–Kier alpha value is -2.57. The molecule has 1 fully saturated rings. The normalized spacial score (nSPS) is 17.5. The Labute approximate surface area is 140 Å². The second-order valence-corrected chi connectivity index (χ2v) is 6.77. The molecule has 0 bridgehead atoms. The van der Waals surface area contributed by atoms with Gasteiger partial charge < -0.3 is 14.5 Å². The van der Waals surface area contributed by atoms with Crippen molar-refractivity contribution < 1.29 is 18.7 Å². The van der Waals surface area contributed by atoms with Gasteiger partial charge in [0, 0.05) is 6.54 Å². The van der Waals surface area contributed by atoms with Crippen LogP contribution in [0.25, 0.3) is 11.1 Å². The van der Waals surface area contributed by atoms with Gasteiger partial charge in [-0.2, -0.15) is 0 Å². The van der Waals surface area contributed by atoms with Crippen molar-refractivity contribution >= 4 is 23.1 Å². The van der Waals surface area contributed by atoms with Crippen LogP contribution >= 0.6 is 0 Å². The second-order valence-electron chi connectivity index (χ2n) is 6.77. The molecule has 1 N–H and O–H groups in total. The lowest BCUT2D eigenvalue weighted by molar-refractivity contribution is -0.130. The maximum atomic E-state index is 12.3. The van der Waals surface area contributed by atoms with E-state index in [1.807, 2.05) is 24.3 Å². The van der Waals surface area contributed by atoms with E-state index in [-0.39, 0.29) is 12.5 Å². The summed E-state index contributed by atoms with van der Waals surface area (Å²) in [6, 6.07) is 6.91. The van der Waals surface area contributed by atoms with Crippen molar-refractivity contribution in [3.8, 4) is 0 Å². The Morgan fingerprint density at radius 3 is 2.75 bits per heavy atom. The first-order valence-electron chi connectivity index (χ1n) is 7.95. The molecule has 24 heavy (non-hydrogen) atoms. The van der Waals surface area contributed by atoms with Crippen LogP contribution in [0.3, 0.4) is 0 Å². The van der Waals surface area contributed by atoms with Crippen LogP contribution in [-0.2, 0) is 16.1 Å². The quantitative estimate of drug-likeness (QED) is 0.934. The lowest BCUT2D eigenvalue weighted by Gasteiger charge is -2.40. The van der Waals surface area contributed by atoms with E-state index in [0.717, 1.165) is 5.52 Å². The summed E-state index contributed by atoms with van der Waals surface area (Å²) in [5, 5.41) is 2.76. The number of carbonyl (C=O) groups excluding carboxylic acids is 2. The van der Waals surface area contributed by atoms with E-state index in [0.29, 0.717) is 24.4 Å². The molecule has 1 aliphatic rings. The topological polar surface area (TPSA) is 84.7 Å². The van der Waals surface area contributed by atoms with Crippen molar-refractivity contribution in [2.75, 3.05) is 6.54 Å². The standard InChI is InChI=1S/C17H21N3O4/c1-17(2,3)24-16(22)20-9-8-12(20)15(21)18-10-14-19-11-6-4-5-7-13(11)23-14/h4-7,12H,8-10H2,1-3H3,(H,18,21)/t12-/m1/s1. The number of oxazole rings is 1. The van der Waals surface area contributed by atoms with Gasteiger partial charge in [0.15, 0.2) is 5.58 Å². The number of amides is 2. The fraction of sp³-hybridized carbons (Fsp3) is 0.471. The summed E-state index contributed by atoms with van der Waals surface area (Å²) >= 11 is 0. The van der Waals surface area contributed by atoms with Gasteiger partial charge in [0.25, 0.3) is 0 Å². The van der Waals surface area contributed by atoms with E-state index in [2.05, 4.69) is 10.3 Å². The Balaban J connectivity index is 1.56. The number of nitrogens with zero attached hydrogens (tertiary/aromatic N) is 2. The van der Waals surface area contributed by atoms with Crippen molar-refractivity contribution in [2.24, 2.45) is 0 Å². The summed E-state index contributed by atoms with van der Waals surface area (Å²) < 4.78 is 10.9. The van der Waals surface area contributed by atoms with Gasteiger partial charge in [-0.25, -0.2) is 9.78 Å². The highest BCUT2D eigenvalue weighted by Crippen LogP contribution is 2.21. The number of hydrogen-bond acceptors (Lipinski definition) is 5. The van der Waals surface area contributed by atoms with Crippen LogP contribution in [0.5, 0.6) is 0 Å². The lowest BCUT2D eigenvalue weighted by Crippen LogP contribution is -2.59. The van der Waals surface area contributed by atoms with Crippen molar-refractivity contribution in [3.05, 3.63) is 30.2 Å². The summed E-state index contributed by atoms with van der Waals surface area (Å²) in [5.74, 6) is 0.210. The fourth-order valence-electron chi connectivity index (χ4n) is 2.48. The number of fused-ring (bicyclic) bond motifs is 1. The molecule has 7 nitrogen and oxygen atoms in total. The van der Waals surface area contributed by atoms with Gasteiger partial charge in [0.1, 0.15) is 17.2 Å². The van der Waals surface area contributed by atoms with Gasteiger partial charge in [0.05, 0.1) is 6.54 Å². The number of ether oxygens (including phenoxy) is 1. The third-order valence-electron chi connectivity index (χ3n) is 3.70. The Bertz CT molecular complexity index is 730. The average Bonchev–Trinajstić information content (AvgIpc) is 2.84. The van der Waals surface area contributed by atoms with Crippen LogP contribution in [0.1, 0.15) is 33.1 Å². The molecule has 1 atom stereocenters. The molecule has 0 saturated carbocycles. The summed E-state index contributed by atoms with van der Waals surface area (Å²) in [6.45, 7) is 6.11. The number of hydrogen-bond donors (Lipinski definition) is 1. The van der Waals surface area contributed by atoms with Crippen LogP contribution in [0.15, 0.2) is 28.7 Å². The summed E-state index contributed by atoms with van der Waals surface area (Å²) in [7, 11) is 0. The molecule has 1 aromatic carbocycles. The monoisotopic (exact) mass is 331 g/mol. The molecule has 0 unspecified atom stereocenters. The van der Waals surface area contributed by atoms with E-state index in [4.69, 9.17) is 9.15 Å². The van der Waals surface area contributed by atoms with Gasteiger partial charge in [-0.05, 0) is 39.3 Å². The molecule has 3 rings (SSSR count). The molecule has 2 aromatic rings. The largest absolute Gasteiger partial charge is 0.444 e. The Morgan fingerprint density at radius 1 is 1.38 bits per heavy atom. The Morgan fingerprint density at radius 2 is 2.12 bits per heavy atom. The number of carbonyl (C=O) groups is 2. The molecule has 0 spiro atoms. The molecule has 1 saturated heterocycles. The number of para-hydroxylation sites is 2. The zero-order chi connectivity index (χ0) is 17.3. The molecule has 0 aliphatic carbocycles. The lowest BCUT2D eigenvalue weighted by atomic mass is 10.0. The number of benzene rings is 1. The molecule has 2 amide bonds. The van der Waals surface area contributed by atoms with Gasteiger partial charge in [-0.3, -0.25) is 9.69 Å². The first-order chi connectivity index (χ1) is 11.3. The van der Waals surface area contributed by atoms with E-state index in [9.17, 15) is 9.59 Å². The minimum Gasteiger partial charge on any atom is -0.444 e. The fourth-order valence-corrected chi connectivity index (χ4v) is 2.48. The SMILES string of the molecule is CC(C)(C)OC(=O)N1CC[C@@H]1C(=O)NCc1nc2ccccc2o1. The molecular formula is C17H21N3O4. The maximum Gasteiger partial charge on any atom is 0.410 e. The smallest absolute Gasteiger partial charge is 0.410 e. The van der Waals surface area contributed by atoms with E-state index >= 15 is 0 Å². The van der Waals surface area contributed by atoms with Crippen LogP contribution in [-0.4, -0.2) is 40.1 Å². The summed E-state index contributed by atoms with van der Waals surface area (Å²) in [4.78, 5) is 30.0. The van der Waals surface area contributed by atoms with E-state index in [1.165, 1.54) is 4.90 Å². The predicted molar refractivity (Wildman–Crippen MR) is 87.2 cm³/mol. The number of likely N-dealkylation sites (tertiary alicyclic amines) is 1. The third kappa shape index (κ3) is 3.50. The number of rotatable bonds is 3. The summed E-state index contributed by atoms with van der Waals surface area (Å²) in [6.07, 6.45) is 0.161. The van der Waals surface area contributed by atoms with Crippen LogP contribution in [0, 0.1) is 0 Å². The minimum absolute atomic E-state index is 0.187. The number of nitrogens with one attached hydrogen (secondary N) is 1. The minimum atomic E-state index is -0.577. The first-order valence-corrected chi connectivity index (χ1v) is 7.95. The van der Waals surface area contributed by atoms with Gasteiger partial charge >= 0.3 is 6.09 Å². The van der Waals surface area contributed by atoms with Crippen molar-refractivity contribution in [1.29, 1.82) is 0 Å². The molecule has 1 aliphatic heterocycles. The molecule has 0 radical (unpaired) electrons. The predicted octanol–water partition coefficient (Wildman–Crippen LogP) is 2.45. The maximum absolute atomic E-state index is 12.3. The van der Waals surface area contributed by atoms with Gasteiger partial charge in [-0.1, -0.05) is 12.1 Å². The highest BCUT2D eigenvalue weighted by Gasteiger charge is 2.39. The average molecular weight is 331 g/mol. The Kier molecular flexibility index (Phi) is 4.17. The molecular weight excluding hydrogens is 310 g/mol. The van der Waals surface area contributed by atoms with Crippen molar-refractivity contribution in [3.63, 3.8) is 0 Å². The zero-order valence-corrected chi connectivity index (χ0v) is 14.0. The molecule has 1 aromatic heterocycles. The molecule has 2 heterocycles. The first kappa shape index (κ1) is 16.3. The summed E-state index contributed by atoms with van der Waals surface area (Å²) in [5.41, 5.74) is 0.855. The van der Waals surface area contributed by atoms with Gasteiger partial charge in [0.2, 0.25) is 11.8 Å².